The van der Waals surface area contributed by atoms with Gasteiger partial charge in [0, 0.05) is 25.7 Å². The molecule has 0 aromatic carbocycles. The van der Waals surface area contributed by atoms with Crippen molar-refractivity contribution in [1.82, 2.24) is 9.80 Å². The molecule has 1 aliphatic heterocycles. The summed E-state index contributed by atoms with van der Waals surface area (Å²) in [6.45, 7) is 8.21. The number of likely N-dealkylation sites (N-methyl/N-ethyl adjacent to an activating group) is 1. The van der Waals surface area contributed by atoms with E-state index in [1.807, 2.05) is 0 Å². The predicted molar refractivity (Wildman–Crippen MR) is 57.1 cm³/mol. The molecule has 2 nitrogen and oxygen atoms in total. The molecule has 0 aliphatic carbocycles. The maximum Gasteiger partial charge on any atom is 0.0745 e. The van der Waals surface area contributed by atoms with Gasteiger partial charge >= 0.3 is 0 Å². The third-order valence-electron chi connectivity index (χ3n) is 2.33. The van der Waals surface area contributed by atoms with E-state index in [1.54, 1.807) is 0 Å². The molecule has 11 heavy (non-hydrogen) atoms. The molecule has 1 aliphatic rings. The number of rotatable bonds is 1. The molecule has 0 aromatic rings. The van der Waals surface area contributed by atoms with Gasteiger partial charge in [0.15, 0.2) is 0 Å². The van der Waals surface area contributed by atoms with Gasteiger partial charge < -0.3 is 0 Å². The van der Waals surface area contributed by atoms with E-state index in [4.69, 9.17) is 0 Å². The van der Waals surface area contributed by atoms with Crippen molar-refractivity contribution in [3.63, 3.8) is 0 Å². The first kappa shape index (κ1) is 9.74. The van der Waals surface area contributed by atoms with Crippen molar-refractivity contribution in [3.8, 4) is 0 Å². The molecule has 0 unspecified atom stereocenters. The van der Waals surface area contributed by atoms with Crippen molar-refractivity contribution >= 4 is 22.6 Å². The Labute approximate surface area is 83.1 Å². The Balaban J connectivity index is 2.40. The summed E-state index contributed by atoms with van der Waals surface area (Å²) >= 11 is 2.52. The van der Waals surface area contributed by atoms with Gasteiger partial charge in [-0.2, -0.15) is 0 Å². The van der Waals surface area contributed by atoms with Crippen LogP contribution in [0.25, 0.3) is 0 Å². The lowest BCUT2D eigenvalue weighted by Crippen LogP contribution is -2.50. The first-order valence-electron chi connectivity index (χ1n) is 4.19. The fourth-order valence-electron chi connectivity index (χ4n) is 1.32. The average Bonchev–Trinajstić information content (AvgIpc) is 1.94. The highest BCUT2D eigenvalue weighted by Gasteiger charge is 2.22. The summed E-state index contributed by atoms with van der Waals surface area (Å²) in [5.41, 5.74) is 0. The lowest BCUT2D eigenvalue weighted by molar-refractivity contribution is 0.118. The van der Waals surface area contributed by atoms with Crippen LogP contribution in [0.1, 0.15) is 13.8 Å². The van der Waals surface area contributed by atoms with Gasteiger partial charge in [-0.15, -0.1) is 0 Å². The highest BCUT2D eigenvalue weighted by molar-refractivity contribution is 14.1. The lowest BCUT2D eigenvalue weighted by Gasteiger charge is -2.38. The minimum Gasteiger partial charge on any atom is -0.297 e. The molecule has 0 amide bonds. The molecule has 0 spiro atoms. The molecule has 1 fully saturated rings. The van der Waals surface area contributed by atoms with Crippen molar-refractivity contribution in [1.29, 1.82) is 0 Å². The molecule has 0 saturated carbocycles. The van der Waals surface area contributed by atoms with Crippen LogP contribution in [0.5, 0.6) is 0 Å². The molecule has 0 bridgehead atoms. The summed E-state index contributed by atoms with van der Waals surface area (Å²) in [7, 11) is 2.20. The Hall–Kier alpha value is 0.650. The standard InChI is InChI=1S/C8H17IN2/c1-7(2)11-5-4-10(3)8(9)6-11/h7-8H,4-6H2,1-3H3/t8-/m0/s1. The molecule has 1 saturated heterocycles. The van der Waals surface area contributed by atoms with Crippen LogP contribution in [-0.4, -0.2) is 46.6 Å². The first-order valence-corrected chi connectivity index (χ1v) is 5.44. The minimum absolute atomic E-state index is 0.698. The van der Waals surface area contributed by atoms with Gasteiger partial charge in [-0.05, 0) is 20.9 Å². The van der Waals surface area contributed by atoms with Gasteiger partial charge in [-0.3, -0.25) is 9.80 Å². The van der Waals surface area contributed by atoms with Crippen molar-refractivity contribution in [3.05, 3.63) is 0 Å². The van der Waals surface area contributed by atoms with E-state index in [2.05, 4.69) is 53.3 Å². The summed E-state index contributed by atoms with van der Waals surface area (Å²) in [4.78, 5) is 4.95. The monoisotopic (exact) mass is 268 g/mol. The third kappa shape index (κ3) is 2.56. The second-order valence-electron chi connectivity index (χ2n) is 3.50. The van der Waals surface area contributed by atoms with Crippen LogP contribution < -0.4 is 0 Å². The SMILES string of the molecule is CC(C)N1CCN(C)[C@H](I)C1. The first-order chi connectivity index (χ1) is 5.11. The number of hydrogen-bond donors (Lipinski definition) is 0. The van der Waals surface area contributed by atoms with E-state index in [0.29, 0.717) is 10.1 Å². The largest absolute Gasteiger partial charge is 0.297 e. The van der Waals surface area contributed by atoms with E-state index in [1.165, 1.54) is 19.6 Å². The van der Waals surface area contributed by atoms with E-state index in [9.17, 15) is 0 Å². The van der Waals surface area contributed by atoms with Crippen molar-refractivity contribution in [2.24, 2.45) is 0 Å². The van der Waals surface area contributed by atoms with E-state index in [0.717, 1.165) is 0 Å². The molecule has 3 heteroatoms. The van der Waals surface area contributed by atoms with Crippen LogP contribution >= 0.6 is 22.6 Å². The smallest absolute Gasteiger partial charge is 0.0745 e. The summed E-state index contributed by atoms with van der Waals surface area (Å²) in [6, 6.07) is 0.709. The zero-order valence-corrected chi connectivity index (χ0v) is 9.71. The van der Waals surface area contributed by atoms with Crippen molar-refractivity contribution in [2.45, 2.75) is 23.9 Å². The third-order valence-corrected chi connectivity index (χ3v) is 3.68. The topological polar surface area (TPSA) is 6.48 Å². The van der Waals surface area contributed by atoms with Gasteiger partial charge in [-0.25, -0.2) is 0 Å². The van der Waals surface area contributed by atoms with Crippen molar-refractivity contribution in [2.75, 3.05) is 26.7 Å². The normalized spacial score (nSPS) is 29.7. The van der Waals surface area contributed by atoms with Crippen LogP contribution in [0.3, 0.4) is 0 Å². The van der Waals surface area contributed by atoms with Gasteiger partial charge in [0.1, 0.15) is 0 Å². The van der Waals surface area contributed by atoms with E-state index >= 15 is 0 Å². The Morgan fingerprint density at radius 1 is 1.36 bits per heavy atom. The van der Waals surface area contributed by atoms with Crippen LogP contribution in [-0.2, 0) is 0 Å². The van der Waals surface area contributed by atoms with Crippen LogP contribution in [0, 0.1) is 0 Å². The Bertz CT molecular complexity index is 127. The lowest BCUT2D eigenvalue weighted by atomic mass is 10.2. The number of alkyl halides is 1. The summed E-state index contributed by atoms with van der Waals surface area (Å²) in [5, 5.41) is 0. The molecule has 1 heterocycles. The molecule has 1 rings (SSSR count). The maximum absolute atomic E-state index is 2.54. The highest BCUT2D eigenvalue weighted by Crippen LogP contribution is 2.14. The molecule has 1 atom stereocenters. The van der Waals surface area contributed by atoms with Crippen LogP contribution in [0.2, 0.25) is 0 Å². The quantitative estimate of drug-likeness (QED) is 0.403. The van der Waals surface area contributed by atoms with Gasteiger partial charge in [-0.1, -0.05) is 22.6 Å². The number of nitrogens with zero attached hydrogens (tertiary/aromatic N) is 2. The van der Waals surface area contributed by atoms with Crippen molar-refractivity contribution < 1.29 is 0 Å². The van der Waals surface area contributed by atoms with E-state index < -0.39 is 0 Å². The maximum atomic E-state index is 2.54. The molecule has 0 aromatic heterocycles. The van der Waals surface area contributed by atoms with Gasteiger partial charge in [0.25, 0.3) is 0 Å². The molecule has 0 N–H and O–H groups in total. The molecular weight excluding hydrogens is 251 g/mol. The second kappa shape index (κ2) is 4.05. The fraction of sp³-hybridized carbons (Fsp3) is 1.00. The predicted octanol–water partition coefficient (Wildman–Crippen LogP) is 1.40. The summed E-state index contributed by atoms with van der Waals surface area (Å²) < 4.78 is 0.698. The number of halogens is 1. The average molecular weight is 268 g/mol. The van der Waals surface area contributed by atoms with Gasteiger partial charge in [0.2, 0.25) is 0 Å². The van der Waals surface area contributed by atoms with Crippen LogP contribution in [0.4, 0.5) is 0 Å². The molecular formula is C8H17IN2. The summed E-state index contributed by atoms with van der Waals surface area (Å²) in [6.07, 6.45) is 0. The van der Waals surface area contributed by atoms with Crippen LogP contribution in [0.15, 0.2) is 0 Å². The Kier molecular flexibility index (Phi) is 3.58. The van der Waals surface area contributed by atoms with E-state index in [-0.39, 0.29) is 0 Å². The highest BCUT2D eigenvalue weighted by atomic mass is 127. The molecule has 66 valence electrons. The Morgan fingerprint density at radius 2 is 2.00 bits per heavy atom. The minimum atomic E-state index is 0.698. The zero-order valence-electron chi connectivity index (χ0n) is 7.55. The molecule has 0 radical (unpaired) electrons. The Morgan fingerprint density at radius 3 is 2.45 bits per heavy atom. The van der Waals surface area contributed by atoms with Gasteiger partial charge in [0.05, 0.1) is 4.05 Å². The fourth-order valence-corrected chi connectivity index (χ4v) is 2.10. The number of piperazine rings is 1. The summed E-state index contributed by atoms with van der Waals surface area (Å²) in [5.74, 6) is 0. The second-order valence-corrected chi connectivity index (χ2v) is 4.94. The number of hydrogen-bond acceptors (Lipinski definition) is 2. The zero-order chi connectivity index (χ0) is 8.43.